The maximum Gasteiger partial charge on any atom is 0.407 e. The van der Waals surface area contributed by atoms with Gasteiger partial charge in [-0.15, -0.1) is 0 Å². The second-order valence-electron chi connectivity index (χ2n) is 14.2. The number of hydrogen-bond acceptors (Lipinski definition) is 10. The van der Waals surface area contributed by atoms with E-state index in [-0.39, 0.29) is 32.4 Å². The van der Waals surface area contributed by atoms with Gasteiger partial charge in [0.05, 0.1) is 14.2 Å². The third kappa shape index (κ3) is 11.6. The van der Waals surface area contributed by atoms with Crippen molar-refractivity contribution in [3.8, 4) is 22.6 Å². The lowest BCUT2D eigenvalue weighted by molar-refractivity contribution is -0.144. The maximum atomic E-state index is 14.3. The van der Waals surface area contributed by atoms with Crippen molar-refractivity contribution in [1.29, 1.82) is 0 Å². The predicted octanol–water partition coefficient (Wildman–Crippen LogP) is 2.34. The van der Waals surface area contributed by atoms with E-state index in [9.17, 15) is 33.9 Å². The van der Waals surface area contributed by atoms with Gasteiger partial charge in [-0.3, -0.25) is 19.2 Å². The molecule has 1 aliphatic heterocycles. The first-order chi connectivity index (χ1) is 25.4. The fourth-order valence-corrected chi connectivity index (χ4v) is 6.19. The first kappa shape index (κ1) is 43.0. The molecule has 0 unspecified atom stereocenters. The van der Waals surface area contributed by atoms with E-state index >= 15 is 0 Å². The first-order valence-corrected chi connectivity index (χ1v) is 17.8. The van der Waals surface area contributed by atoms with E-state index in [1.54, 1.807) is 58.0 Å². The molecule has 3 rings (SSSR count). The summed E-state index contributed by atoms with van der Waals surface area (Å²) in [4.78, 5) is 80.2. The zero-order valence-electron chi connectivity index (χ0n) is 32.3. The van der Waals surface area contributed by atoms with Gasteiger partial charge >= 0.3 is 12.1 Å². The molecule has 296 valence electrons. The molecule has 0 saturated carbocycles. The number of carboxylic acid groups (broad SMARTS) is 1. The molecule has 1 heterocycles. The number of nitrogens with one attached hydrogen (secondary N) is 4. The van der Waals surface area contributed by atoms with E-state index in [4.69, 9.17) is 19.9 Å². The molecule has 0 aliphatic carbocycles. The number of rotatable bonds is 13. The van der Waals surface area contributed by atoms with E-state index in [1.165, 1.54) is 33.1 Å². The number of benzene rings is 2. The van der Waals surface area contributed by atoms with Crippen molar-refractivity contribution in [3.63, 3.8) is 0 Å². The molecular weight excluding hydrogens is 700 g/mol. The summed E-state index contributed by atoms with van der Waals surface area (Å²) < 4.78 is 16.8. The van der Waals surface area contributed by atoms with E-state index < -0.39 is 65.5 Å². The van der Waals surface area contributed by atoms with Crippen LogP contribution in [0.1, 0.15) is 76.1 Å². The van der Waals surface area contributed by atoms with Crippen molar-refractivity contribution >= 4 is 35.7 Å². The number of hydrogen-bond donors (Lipinski definition) is 6. The Morgan fingerprint density at radius 2 is 1.72 bits per heavy atom. The fourth-order valence-electron chi connectivity index (χ4n) is 6.19. The normalized spacial score (nSPS) is 17.8. The number of carbonyl (C=O) groups is 6. The summed E-state index contributed by atoms with van der Waals surface area (Å²) in [6.45, 7) is 8.77. The average molecular weight is 755 g/mol. The standard InChI is InChI=1S/C38H54N6O10/c1-21-17-23-18-26(32(21)53-8)25-20-24(12-13-29(25)52-7)31(34(47)41-22(2)33(46)43-28(19-23)36(49)50)44(6)35(48)27(42-30(45)14-15-39)11-9-10-16-40-37(51)54-38(3,4)5/h12-13,17-18,20,22,27-28,31H,9-11,14-16,19,39H2,1-8H3,(H,40,51)(H,41,47)(H,42,45)(H,43,46)(H,49,50)/t22-,27-,28-,31-/m0/s1. The van der Waals surface area contributed by atoms with Crippen LogP contribution in [0.15, 0.2) is 30.3 Å². The number of amides is 5. The molecule has 2 aromatic rings. The van der Waals surface area contributed by atoms with Gasteiger partial charge in [-0.1, -0.05) is 12.1 Å². The molecule has 16 heteroatoms. The first-order valence-electron chi connectivity index (χ1n) is 17.8. The van der Waals surface area contributed by atoms with Crippen LogP contribution in [0.4, 0.5) is 4.79 Å². The van der Waals surface area contributed by atoms with Crippen LogP contribution in [-0.2, 0) is 35.1 Å². The van der Waals surface area contributed by atoms with Gasteiger partial charge in [-0.2, -0.15) is 0 Å². The minimum absolute atomic E-state index is 0.0380. The molecule has 0 aromatic heterocycles. The quantitative estimate of drug-likeness (QED) is 0.163. The van der Waals surface area contributed by atoms with Crippen molar-refractivity contribution in [2.75, 3.05) is 34.4 Å². The molecule has 4 atom stereocenters. The number of methoxy groups -OCH3 is 2. The second kappa shape index (κ2) is 19.1. The number of likely N-dealkylation sites (N-methyl/N-ethyl adjacent to an activating group) is 1. The highest BCUT2D eigenvalue weighted by atomic mass is 16.6. The Bertz CT molecular complexity index is 1710. The third-order valence-corrected chi connectivity index (χ3v) is 8.75. The molecule has 54 heavy (non-hydrogen) atoms. The van der Waals surface area contributed by atoms with Gasteiger partial charge in [0.25, 0.3) is 0 Å². The lowest BCUT2D eigenvalue weighted by Crippen LogP contribution is -2.54. The van der Waals surface area contributed by atoms with Gasteiger partial charge in [-0.25, -0.2) is 9.59 Å². The monoisotopic (exact) mass is 754 g/mol. The summed E-state index contributed by atoms with van der Waals surface area (Å²) in [6, 6.07) is 3.53. The summed E-state index contributed by atoms with van der Waals surface area (Å²) >= 11 is 0. The second-order valence-corrected chi connectivity index (χ2v) is 14.2. The Hall–Kier alpha value is -5.38. The minimum atomic E-state index is -1.34. The fraction of sp³-hybridized carbons (Fsp3) is 0.526. The van der Waals surface area contributed by atoms with Crippen molar-refractivity contribution < 1.29 is 48.1 Å². The van der Waals surface area contributed by atoms with Crippen molar-refractivity contribution in [2.24, 2.45) is 5.73 Å². The maximum absolute atomic E-state index is 14.3. The number of carbonyl (C=O) groups excluding carboxylic acids is 5. The Balaban J connectivity index is 2.09. The number of aryl methyl sites for hydroxylation is 1. The SMILES string of the molecule is COc1ccc2cc1-c1cc(cc(C)c1OC)C[C@@H](C(=O)O)NC(=O)[C@H](C)NC(=O)[C@H]2N(C)C(=O)[C@H](CCCCNC(=O)OC(C)(C)C)NC(=O)CCN. The Kier molecular flexibility index (Phi) is 15.2. The van der Waals surface area contributed by atoms with E-state index in [1.807, 2.05) is 0 Å². The highest BCUT2D eigenvalue weighted by Gasteiger charge is 2.36. The van der Waals surface area contributed by atoms with Crippen LogP contribution in [0, 0.1) is 6.92 Å². The van der Waals surface area contributed by atoms with Gasteiger partial charge in [-0.05, 0) is 88.8 Å². The highest BCUT2D eigenvalue weighted by molar-refractivity contribution is 5.96. The summed E-state index contributed by atoms with van der Waals surface area (Å²) in [5.74, 6) is -2.92. The Labute approximate surface area is 315 Å². The molecule has 0 fully saturated rings. The number of aliphatic carboxylic acids is 1. The molecule has 5 amide bonds. The van der Waals surface area contributed by atoms with Crippen molar-refractivity contribution in [2.45, 2.75) is 96.5 Å². The summed E-state index contributed by atoms with van der Waals surface area (Å²) in [5, 5.41) is 20.6. The molecule has 0 spiro atoms. The zero-order valence-corrected chi connectivity index (χ0v) is 32.3. The van der Waals surface area contributed by atoms with Crippen molar-refractivity contribution in [1.82, 2.24) is 26.2 Å². The zero-order chi connectivity index (χ0) is 40.3. The summed E-state index contributed by atoms with van der Waals surface area (Å²) in [5.41, 5.74) is 7.61. The van der Waals surface area contributed by atoms with E-state index in [2.05, 4.69) is 21.3 Å². The number of nitrogens with two attached hydrogens (primary N) is 1. The highest BCUT2D eigenvalue weighted by Crippen LogP contribution is 2.41. The summed E-state index contributed by atoms with van der Waals surface area (Å²) in [6.07, 6.45) is 0.348. The third-order valence-electron chi connectivity index (χ3n) is 8.75. The molecule has 0 radical (unpaired) electrons. The van der Waals surface area contributed by atoms with Crippen LogP contribution in [0.5, 0.6) is 11.5 Å². The van der Waals surface area contributed by atoms with E-state index in [0.717, 1.165) is 0 Å². The minimum Gasteiger partial charge on any atom is -0.496 e. The molecule has 16 nitrogen and oxygen atoms in total. The number of ether oxygens (including phenoxy) is 3. The molecule has 7 N–H and O–H groups in total. The van der Waals surface area contributed by atoms with Gasteiger partial charge in [0.2, 0.25) is 23.6 Å². The number of unbranched alkanes of at least 4 members (excludes halogenated alkanes) is 1. The number of nitrogens with zero attached hydrogens (tertiary/aromatic N) is 1. The largest absolute Gasteiger partial charge is 0.496 e. The van der Waals surface area contributed by atoms with Crippen LogP contribution < -0.4 is 36.5 Å². The van der Waals surface area contributed by atoms with Gasteiger partial charge in [0.15, 0.2) is 0 Å². The molecular formula is C38H54N6O10. The van der Waals surface area contributed by atoms with Crippen LogP contribution in [-0.4, -0.2) is 104 Å². The van der Waals surface area contributed by atoms with Crippen LogP contribution in [0.3, 0.4) is 0 Å². The molecule has 2 aromatic carbocycles. The predicted molar refractivity (Wildman–Crippen MR) is 200 cm³/mol. The molecule has 4 bridgehead atoms. The lowest BCUT2D eigenvalue weighted by Gasteiger charge is -2.32. The molecule has 1 aliphatic rings. The number of carboxylic acids is 1. The van der Waals surface area contributed by atoms with Crippen molar-refractivity contribution in [3.05, 3.63) is 47.0 Å². The van der Waals surface area contributed by atoms with Gasteiger partial charge in [0, 0.05) is 44.1 Å². The lowest BCUT2D eigenvalue weighted by atomic mass is 9.92. The number of alkyl carbamates (subject to hydrolysis) is 1. The van der Waals surface area contributed by atoms with Gasteiger partial charge in [0.1, 0.15) is 41.3 Å². The Morgan fingerprint density at radius 3 is 2.33 bits per heavy atom. The number of fused-ring (bicyclic) bond motifs is 5. The van der Waals surface area contributed by atoms with Crippen LogP contribution in [0.2, 0.25) is 0 Å². The topological polar surface area (TPSA) is 228 Å². The molecule has 0 saturated heterocycles. The Morgan fingerprint density at radius 1 is 1.02 bits per heavy atom. The van der Waals surface area contributed by atoms with Crippen LogP contribution in [0.25, 0.3) is 11.1 Å². The summed E-state index contributed by atoms with van der Waals surface area (Å²) in [7, 11) is 4.40. The van der Waals surface area contributed by atoms with E-state index in [0.29, 0.717) is 52.2 Å². The van der Waals surface area contributed by atoms with Gasteiger partial charge < -0.3 is 51.2 Å². The van der Waals surface area contributed by atoms with Crippen LogP contribution >= 0.6 is 0 Å². The smallest absolute Gasteiger partial charge is 0.407 e. The average Bonchev–Trinajstić information content (AvgIpc) is 3.08.